The standard InChI is InChI=1S/C21H31N3O2/c1-17(2)14-20(26)23-12-5-9-21(15-23)10-7-19(25)24(16-21)13-8-18-6-3-4-11-22-18/h3-4,6,11,17H,5,7-10,12-16H2,1-2H3/t21-/m0/s1. The predicted octanol–water partition coefficient (Wildman–Crippen LogP) is 2.90. The molecule has 1 aromatic rings. The van der Waals surface area contributed by atoms with Crippen molar-refractivity contribution in [3.05, 3.63) is 30.1 Å². The lowest BCUT2D eigenvalue weighted by molar-refractivity contribution is -0.143. The molecule has 0 radical (unpaired) electrons. The fourth-order valence-electron chi connectivity index (χ4n) is 4.33. The van der Waals surface area contributed by atoms with Crippen LogP contribution in [-0.4, -0.2) is 52.8 Å². The average molecular weight is 357 g/mol. The third-order valence-electron chi connectivity index (χ3n) is 5.71. The molecule has 26 heavy (non-hydrogen) atoms. The number of nitrogens with zero attached hydrogens (tertiary/aromatic N) is 3. The predicted molar refractivity (Wildman–Crippen MR) is 101 cm³/mol. The highest BCUT2D eigenvalue weighted by Gasteiger charge is 2.42. The molecule has 0 bridgehead atoms. The van der Waals surface area contributed by atoms with Crippen LogP contribution in [0.4, 0.5) is 0 Å². The molecule has 142 valence electrons. The van der Waals surface area contributed by atoms with Gasteiger partial charge in [0, 0.05) is 62.7 Å². The number of carbonyl (C=O) groups excluding carboxylic acids is 2. The zero-order valence-corrected chi connectivity index (χ0v) is 16.1. The average Bonchev–Trinajstić information content (AvgIpc) is 2.63. The van der Waals surface area contributed by atoms with Gasteiger partial charge in [-0.25, -0.2) is 0 Å². The molecule has 2 amide bonds. The Morgan fingerprint density at radius 1 is 1.27 bits per heavy atom. The number of hydrogen-bond acceptors (Lipinski definition) is 3. The molecule has 0 saturated carbocycles. The van der Waals surface area contributed by atoms with E-state index in [1.165, 1.54) is 0 Å². The van der Waals surface area contributed by atoms with E-state index in [0.717, 1.165) is 57.6 Å². The van der Waals surface area contributed by atoms with Crippen LogP contribution in [-0.2, 0) is 16.0 Å². The summed E-state index contributed by atoms with van der Waals surface area (Å²) in [6.07, 6.45) is 6.90. The second kappa shape index (κ2) is 8.19. The van der Waals surface area contributed by atoms with E-state index in [9.17, 15) is 9.59 Å². The lowest BCUT2D eigenvalue weighted by atomic mass is 9.73. The Kier molecular flexibility index (Phi) is 5.94. The smallest absolute Gasteiger partial charge is 0.222 e. The van der Waals surface area contributed by atoms with E-state index in [1.54, 1.807) is 6.20 Å². The Labute approximate surface area is 156 Å². The number of piperidine rings is 2. The van der Waals surface area contributed by atoms with Crippen molar-refractivity contribution >= 4 is 11.8 Å². The second-order valence-electron chi connectivity index (χ2n) is 8.40. The van der Waals surface area contributed by atoms with Crippen molar-refractivity contribution in [2.45, 2.75) is 52.4 Å². The number of pyridine rings is 1. The van der Waals surface area contributed by atoms with Crippen molar-refractivity contribution in [3.63, 3.8) is 0 Å². The van der Waals surface area contributed by atoms with Gasteiger partial charge in [-0.2, -0.15) is 0 Å². The van der Waals surface area contributed by atoms with Crippen molar-refractivity contribution in [3.8, 4) is 0 Å². The molecular formula is C21H31N3O2. The number of likely N-dealkylation sites (tertiary alicyclic amines) is 2. The topological polar surface area (TPSA) is 53.5 Å². The third kappa shape index (κ3) is 4.63. The van der Waals surface area contributed by atoms with Gasteiger partial charge in [-0.15, -0.1) is 0 Å². The van der Waals surface area contributed by atoms with Crippen LogP contribution in [0.25, 0.3) is 0 Å². The molecule has 1 spiro atoms. The molecule has 1 atom stereocenters. The summed E-state index contributed by atoms with van der Waals surface area (Å²) in [6, 6.07) is 5.91. The highest BCUT2D eigenvalue weighted by Crippen LogP contribution is 2.39. The van der Waals surface area contributed by atoms with Crippen LogP contribution in [0, 0.1) is 11.3 Å². The normalized spacial score (nSPS) is 23.7. The minimum atomic E-state index is 0.0862. The Morgan fingerprint density at radius 2 is 2.12 bits per heavy atom. The first-order valence-corrected chi connectivity index (χ1v) is 9.93. The van der Waals surface area contributed by atoms with E-state index in [4.69, 9.17) is 0 Å². The van der Waals surface area contributed by atoms with Crippen LogP contribution in [0.2, 0.25) is 0 Å². The van der Waals surface area contributed by atoms with Gasteiger partial charge in [0.25, 0.3) is 0 Å². The van der Waals surface area contributed by atoms with Gasteiger partial charge < -0.3 is 9.80 Å². The number of hydrogen-bond donors (Lipinski definition) is 0. The van der Waals surface area contributed by atoms with Crippen LogP contribution >= 0.6 is 0 Å². The van der Waals surface area contributed by atoms with Crippen molar-refractivity contribution in [2.75, 3.05) is 26.2 Å². The van der Waals surface area contributed by atoms with Gasteiger partial charge in [0.05, 0.1) is 0 Å². The fraction of sp³-hybridized carbons (Fsp3) is 0.667. The summed E-state index contributed by atoms with van der Waals surface area (Å²) < 4.78 is 0. The maximum atomic E-state index is 12.5. The van der Waals surface area contributed by atoms with Gasteiger partial charge in [0.1, 0.15) is 0 Å². The minimum Gasteiger partial charge on any atom is -0.342 e. The van der Waals surface area contributed by atoms with Gasteiger partial charge in [-0.3, -0.25) is 14.6 Å². The second-order valence-corrected chi connectivity index (χ2v) is 8.40. The Hall–Kier alpha value is -1.91. The quantitative estimate of drug-likeness (QED) is 0.814. The first-order valence-electron chi connectivity index (χ1n) is 9.93. The molecule has 3 rings (SSSR count). The van der Waals surface area contributed by atoms with Crippen LogP contribution in [0.15, 0.2) is 24.4 Å². The zero-order chi connectivity index (χ0) is 18.6. The van der Waals surface area contributed by atoms with Gasteiger partial charge in [0.2, 0.25) is 11.8 Å². The van der Waals surface area contributed by atoms with E-state index in [2.05, 4.69) is 23.7 Å². The molecule has 3 heterocycles. The summed E-state index contributed by atoms with van der Waals surface area (Å²) in [7, 11) is 0. The lowest BCUT2D eigenvalue weighted by Gasteiger charge is -2.48. The van der Waals surface area contributed by atoms with Gasteiger partial charge >= 0.3 is 0 Å². The molecule has 0 aromatic carbocycles. The highest BCUT2D eigenvalue weighted by atomic mass is 16.2. The molecule has 5 nitrogen and oxygen atoms in total. The number of carbonyl (C=O) groups is 2. The van der Waals surface area contributed by atoms with Gasteiger partial charge in [-0.1, -0.05) is 19.9 Å². The Morgan fingerprint density at radius 3 is 2.85 bits per heavy atom. The molecule has 2 saturated heterocycles. The Balaban J connectivity index is 1.62. The molecule has 5 heteroatoms. The van der Waals surface area contributed by atoms with Gasteiger partial charge in [-0.05, 0) is 37.3 Å². The maximum Gasteiger partial charge on any atom is 0.222 e. The van der Waals surface area contributed by atoms with Crippen LogP contribution < -0.4 is 0 Å². The summed E-state index contributed by atoms with van der Waals surface area (Å²) >= 11 is 0. The number of aromatic nitrogens is 1. The first kappa shape index (κ1) is 18.9. The minimum absolute atomic E-state index is 0.0862. The summed E-state index contributed by atoms with van der Waals surface area (Å²) in [6.45, 7) is 7.37. The molecule has 0 N–H and O–H groups in total. The summed E-state index contributed by atoms with van der Waals surface area (Å²) in [4.78, 5) is 33.4. The molecule has 0 unspecified atom stereocenters. The zero-order valence-electron chi connectivity index (χ0n) is 16.1. The van der Waals surface area contributed by atoms with Crippen LogP contribution in [0.5, 0.6) is 0 Å². The van der Waals surface area contributed by atoms with Crippen LogP contribution in [0.1, 0.15) is 51.6 Å². The SMILES string of the molecule is CC(C)CC(=O)N1CCC[C@]2(CCC(=O)N(CCc3ccccn3)C2)C1. The number of rotatable bonds is 5. The maximum absolute atomic E-state index is 12.5. The molecule has 0 aliphatic carbocycles. The largest absolute Gasteiger partial charge is 0.342 e. The van der Waals surface area contributed by atoms with Crippen molar-refractivity contribution < 1.29 is 9.59 Å². The molecule has 1 aromatic heterocycles. The van der Waals surface area contributed by atoms with E-state index < -0.39 is 0 Å². The van der Waals surface area contributed by atoms with Crippen LogP contribution in [0.3, 0.4) is 0 Å². The van der Waals surface area contributed by atoms with E-state index in [-0.39, 0.29) is 17.2 Å². The fourth-order valence-corrected chi connectivity index (χ4v) is 4.33. The lowest BCUT2D eigenvalue weighted by Crippen LogP contribution is -2.55. The summed E-state index contributed by atoms with van der Waals surface area (Å²) in [5, 5.41) is 0. The van der Waals surface area contributed by atoms with Crippen molar-refractivity contribution in [1.82, 2.24) is 14.8 Å². The third-order valence-corrected chi connectivity index (χ3v) is 5.71. The number of amides is 2. The van der Waals surface area contributed by atoms with Gasteiger partial charge in [0.15, 0.2) is 0 Å². The van der Waals surface area contributed by atoms with E-state index >= 15 is 0 Å². The summed E-state index contributed by atoms with van der Waals surface area (Å²) in [5.74, 6) is 0.913. The molecule has 2 aliphatic rings. The van der Waals surface area contributed by atoms with E-state index in [1.807, 2.05) is 23.1 Å². The highest BCUT2D eigenvalue weighted by molar-refractivity contribution is 5.78. The molecule has 2 fully saturated rings. The first-order chi connectivity index (χ1) is 12.5. The molecule has 2 aliphatic heterocycles. The van der Waals surface area contributed by atoms with Crippen molar-refractivity contribution in [1.29, 1.82) is 0 Å². The summed E-state index contributed by atoms with van der Waals surface area (Å²) in [5.41, 5.74) is 1.11. The molecular weight excluding hydrogens is 326 g/mol. The monoisotopic (exact) mass is 357 g/mol. The van der Waals surface area contributed by atoms with E-state index in [0.29, 0.717) is 18.8 Å². The van der Waals surface area contributed by atoms with Crippen molar-refractivity contribution in [2.24, 2.45) is 11.3 Å². The Bertz CT molecular complexity index is 631.